The lowest BCUT2D eigenvalue weighted by atomic mass is 10.1. The fraction of sp³-hybridized carbons (Fsp3) is 0.385. The van der Waals surface area contributed by atoms with E-state index in [1.54, 1.807) is 0 Å². The number of amides is 1. The zero-order chi connectivity index (χ0) is 23.9. The second kappa shape index (κ2) is 11.3. The minimum Gasteiger partial charge on any atom is -0.341 e. The molecular formula is C26H30N6OS. The van der Waals surface area contributed by atoms with Crippen LogP contribution < -0.4 is 0 Å². The van der Waals surface area contributed by atoms with E-state index in [1.807, 2.05) is 41.3 Å². The smallest absolute Gasteiger partial charge is 0.233 e. The lowest BCUT2D eigenvalue weighted by Crippen LogP contribution is -2.36. The number of hydrogen-bond acceptors (Lipinski definition) is 6. The van der Waals surface area contributed by atoms with Crippen molar-refractivity contribution >= 4 is 17.7 Å². The van der Waals surface area contributed by atoms with E-state index >= 15 is 0 Å². The van der Waals surface area contributed by atoms with Gasteiger partial charge in [0.05, 0.1) is 17.4 Å². The van der Waals surface area contributed by atoms with Crippen LogP contribution in [0.3, 0.4) is 0 Å². The van der Waals surface area contributed by atoms with Gasteiger partial charge in [0.2, 0.25) is 5.91 Å². The van der Waals surface area contributed by atoms with Crippen LogP contribution in [-0.2, 0) is 17.9 Å². The van der Waals surface area contributed by atoms with Crippen LogP contribution in [0.15, 0.2) is 53.7 Å². The van der Waals surface area contributed by atoms with E-state index in [0.29, 0.717) is 11.3 Å². The normalized spacial score (nSPS) is 14.6. The predicted octanol–water partition coefficient (Wildman–Crippen LogP) is 3.97. The summed E-state index contributed by atoms with van der Waals surface area (Å²) in [5.74, 6) is 1.35. The molecule has 2 aromatic carbocycles. The molecule has 8 heteroatoms. The molecule has 0 bridgehead atoms. The second-order valence-electron chi connectivity index (χ2n) is 8.53. The summed E-state index contributed by atoms with van der Waals surface area (Å²) in [6, 6.07) is 18.2. The van der Waals surface area contributed by atoms with Gasteiger partial charge in [-0.3, -0.25) is 9.69 Å². The molecule has 1 aromatic heterocycles. The largest absolute Gasteiger partial charge is 0.341 e. The van der Waals surface area contributed by atoms with Crippen LogP contribution in [0.4, 0.5) is 0 Å². The zero-order valence-corrected chi connectivity index (χ0v) is 20.6. The molecule has 0 unspecified atom stereocenters. The quantitative estimate of drug-likeness (QED) is 0.482. The number of carbonyl (C=O) groups excluding carboxylic acids is 1. The van der Waals surface area contributed by atoms with Gasteiger partial charge in [0.25, 0.3) is 0 Å². The maximum atomic E-state index is 13.0. The van der Waals surface area contributed by atoms with Crippen LogP contribution in [0.1, 0.15) is 30.0 Å². The molecule has 4 rings (SSSR count). The van der Waals surface area contributed by atoms with Gasteiger partial charge in [-0.05, 0) is 44.0 Å². The van der Waals surface area contributed by atoms with E-state index in [0.717, 1.165) is 62.2 Å². The van der Waals surface area contributed by atoms with Crippen LogP contribution in [-0.4, -0.2) is 62.4 Å². The Bertz CT molecular complexity index is 1170. The molecule has 0 saturated carbocycles. The highest BCUT2D eigenvalue weighted by molar-refractivity contribution is 7.99. The van der Waals surface area contributed by atoms with Gasteiger partial charge >= 0.3 is 0 Å². The Kier molecular flexibility index (Phi) is 7.99. The summed E-state index contributed by atoms with van der Waals surface area (Å²) in [5, 5.41) is 18.5. The average molecular weight is 475 g/mol. The number of rotatable bonds is 7. The highest BCUT2D eigenvalue weighted by Gasteiger charge is 2.21. The molecule has 0 atom stereocenters. The number of thioether (sulfide) groups is 1. The maximum absolute atomic E-state index is 13.0. The van der Waals surface area contributed by atoms with Gasteiger partial charge in [0.15, 0.2) is 11.0 Å². The molecule has 176 valence electrons. The van der Waals surface area contributed by atoms with Gasteiger partial charge in [0, 0.05) is 44.8 Å². The Morgan fingerprint density at radius 2 is 1.91 bits per heavy atom. The topological polar surface area (TPSA) is 78.0 Å². The van der Waals surface area contributed by atoms with Crippen molar-refractivity contribution in [2.75, 3.05) is 31.9 Å². The summed E-state index contributed by atoms with van der Waals surface area (Å²) in [5.41, 5.74) is 4.10. The SMILES string of the molecule is CCn1c(SCC(=O)N2CCCN(Cc3ccc(C#N)cc3)CC2)nnc1-c1cccc(C)c1. The van der Waals surface area contributed by atoms with E-state index in [9.17, 15) is 4.79 Å². The van der Waals surface area contributed by atoms with Gasteiger partial charge in [-0.2, -0.15) is 5.26 Å². The molecule has 0 aliphatic carbocycles. The number of nitrogens with zero attached hydrogens (tertiary/aromatic N) is 6. The van der Waals surface area contributed by atoms with Crippen molar-refractivity contribution in [2.45, 2.75) is 38.5 Å². The predicted molar refractivity (Wildman–Crippen MR) is 134 cm³/mol. The molecule has 1 amide bonds. The summed E-state index contributed by atoms with van der Waals surface area (Å²) in [4.78, 5) is 17.3. The third-order valence-electron chi connectivity index (χ3n) is 6.06. The Labute approximate surface area is 205 Å². The van der Waals surface area contributed by atoms with Gasteiger partial charge in [-0.1, -0.05) is 47.7 Å². The van der Waals surface area contributed by atoms with Crippen molar-refractivity contribution in [3.05, 3.63) is 65.2 Å². The molecule has 3 aromatic rings. The van der Waals surface area contributed by atoms with E-state index in [2.05, 4.69) is 51.7 Å². The van der Waals surface area contributed by atoms with Crippen molar-refractivity contribution in [2.24, 2.45) is 0 Å². The minimum absolute atomic E-state index is 0.146. The molecule has 34 heavy (non-hydrogen) atoms. The number of carbonyl (C=O) groups is 1. The molecule has 0 spiro atoms. The van der Waals surface area contributed by atoms with Crippen molar-refractivity contribution < 1.29 is 4.79 Å². The molecule has 0 radical (unpaired) electrons. The first-order valence-corrected chi connectivity index (χ1v) is 12.7. The van der Waals surface area contributed by atoms with Crippen LogP contribution >= 0.6 is 11.8 Å². The Morgan fingerprint density at radius 1 is 1.09 bits per heavy atom. The summed E-state index contributed by atoms with van der Waals surface area (Å²) in [6.07, 6.45) is 0.954. The number of benzene rings is 2. The number of aryl methyl sites for hydroxylation is 1. The highest BCUT2D eigenvalue weighted by atomic mass is 32.2. The fourth-order valence-electron chi connectivity index (χ4n) is 4.22. The molecule has 0 N–H and O–H groups in total. The van der Waals surface area contributed by atoms with Crippen LogP contribution in [0.25, 0.3) is 11.4 Å². The average Bonchev–Trinajstić information content (AvgIpc) is 3.13. The summed E-state index contributed by atoms with van der Waals surface area (Å²) >= 11 is 1.46. The van der Waals surface area contributed by atoms with Gasteiger partial charge < -0.3 is 9.47 Å². The standard InChI is InChI=1S/C26H30N6OS/c1-3-32-25(23-7-4-6-20(2)16-23)28-29-26(32)34-19-24(33)31-13-5-12-30(14-15-31)18-22-10-8-21(17-27)9-11-22/h4,6-11,16H,3,5,12-15,18-19H2,1-2H3. The van der Waals surface area contributed by atoms with Crippen LogP contribution in [0, 0.1) is 18.3 Å². The first kappa shape index (κ1) is 24.0. The van der Waals surface area contributed by atoms with Gasteiger partial charge in [0.1, 0.15) is 0 Å². The summed E-state index contributed by atoms with van der Waals surface area (Å²) in [6.45, 7) is 9.04. The van der Waals surface area contributed by atoms with Crippen LogP contribution in [0.5, 0.6) is 0 Å². The maximum Gasteiger partial charge on any atom is 0.233 e. The fourth-order valence-corrected chi connectivity index (χ4v) is 5.12. The Morgan fingerprint density at radius 3 is 2.65 bits per heavy atom. The molecule has 1 fully saturated rings. The lowest BCUT2D eigenvalue weighted by molar-refractivity contribution is -0.128. The van der Waals surface area contributed by atoms with E-state index < -0.39 is 0 Å². The van der Waals surface area contributed by atoms with E-state index in [4.69, 9.17) is 5.26 Å². The summed E-state index contributed by atoms with van der Waals surface area (Å²) < 4.78 is 2.08. The highest BCUT2D eigenvalue weighted by Crippen LogP contribution is 2.25. The number of nitriles is 1. The monoisotopic (exact) mass is 474 g/mol. The molecule has 7 nitrogen and oxygen atoms in total. The van der Waals surface area contributed by atoms with Crippen LogP contribution in [0.2, 0.25) is 0 Å². The van der Waals surface area contributed by atoms with Crippen molar-refractivity contribution in [3.63, 3.8) is 0 Å². The van der Waals surface area contributed by atoms with Gasteiger partial charge in [-0.15, -0.1) is 10.2 Å². The molecule has 1 aliphatic heterocycles. The molecule has 1 saturated heterocycles. The van der Waals surface area contributed by atoms with E-state index in [-0.39, 0.29) is 5.91 Å². The van der Waals surface area contributed by atoms with Gasteiger partial charge in [-0.25, -0.2) is 0 Å². The first-order valence-electron chi connectivity index (χ1n) is 11.7. The Balaban J connectivity index is 1.32. The second-order valence-corrected chi connectivity index (χ2v) is 9.47. The third-order valence-corrected chi connectivity index (χ3v) is 7.02. The van der Waals surface area contributed by atoms with E-state index in [1.165, 1.54) is 22.9 Å². The van der Waals surface area contributed by atoms with Crippen molar-refractivity contribution in [1.82, 2.24) is 24.6 Å². The number of hydrogen-bond donors (Lipinski definition) is 0. The summed E-state index contributed by atoms with van der Waals surface area (Å²) in [7, 11) is 0. The first-order chi connectivity index (χ1) is 16.6. The van der Waals surface area contributed by atoms with Crippen molar-refractivity contribution in [1.29, 1.82) is 5.26 Å². The lowest BCUT2D eigenvalue weighted by Gasteiger charge is -2.22. The van der Waals surface area contributed by atoms with Crippen molar-refractivity contribution in [3.8, 4) is 17.5 Å². The molecular weight excluding hydrogens is 444 g/mol. The third kappa shape index (κ3) is 5.85. The minimum atomic E-state index is 0.146. The molecule has 2 heterocycles. The zero-order valence-electron chi connectivity index (χ0n) is 19.8. The Hall–Kier alpha value is -3.15. The number of aromatic nitrogens is 3. The molecule has 1 aliphatic rings.